The van der Waals surface area contributed by atoms with Crippen molar-refractivity contribution in [3.8, 4) is 0 Å². The topological polar surface area (TPSA) is 86.7 Å². The van der Waals surface area contributed by atoms with Crippen LogP contribution < -0.4 is 5.32 Å². The van der Waals surface area contributed by atoms with Crippen LogP contribution in [0, 0.1) is 5.41 Å². The highest BCUT2D eigenvalue weighted by Gasteiger charge is 2.46. The minimum Gasteiger partial charge on any atom is -0.465 e. The SMILES string of the molecule is CC(C)(C)C(NC(=O)O)C(c1ccccc1)N1C(=O)c2ccccc2C1=O. The molecule has 1 aliphatic rings. The van der Waals surface area contributed by atoms with Gasteiger partial charge in [0, 0.05) is 0 Å². The van der Waals surface area contributed by atoms with Crippen LogP contribution in [0.2, 0.25) is 0 Å². The molecule has 1 heterocycles. The summed E-state index contributed by atoms with van der Waals surface area (Å²) in [6, 6.07) is 14.2. The van der Waals surface area contributed by atoms with Crippen LogP contribution in [0.15, 0.2) is 54.6 Å². The molecular weight excluding hydrogens is 344 g/mol. The van der Waals surface area contributed by atoms with Gasteiger partial charge in [-0.25, -0.2) is 4.79 Å². The molecule has 3 rings (SSSR count). The second kappa shape index (κ2) is 6.87. The number of carbonyl (C=O) groups excluding carboxylic acids is 2. The maximum Gasteiger partial charge on any atom is 0.404 e. The van der Waals surface area contributed by atoms with Gasteiger partial charge in [0.05, 0.1) is 23.2 Å². The molecule has 3 amide bonds. The summed E-state index contributed by atoms with van der Waals surface area (Å²) in [5.74, 6) is -0.822. The Labute approximate surface area is 157 Å². The maximum atomic E-state index is 13.1. The van der Waals surface area contributed by atoms with E-state index in [4.69, 9.17) is 0 Å². The van der Waals surface area contributed by atoms with E-state index in [2.05, 4.69) is 5.32 Å². The molecule has 0 saturated carbocycles. The zero-order chi connectivity index (χ0) is 19.8. The van der Waals surface area contributed by atoms with Crippen LogP contribution in [-0.2, 0) is 0 Å². The molecule has 2 unspecified atom stereocenters. The Balaban J connectivity index is 2.16. The van der Waals surface area contributed by atoms with Crippen LogP contribution >= 0.6 is 0 Å². The fraction of sp³-hybridized carbons (Fsp3) is 0.286. The number of benzene rings is 2. The van der Waals surface area contributed by atoms with E-state index in [-0.39, 0.29) is 0 Å². The van der Waals surface area contributed by atoms with Gasteiger partial charge in [0.25, 0.3) is 11.8 Å². The lowest BCUT2D eigenvalue weighted by atomic mass is 9.79. The molecule has 2 N–H and O–H groups in total. The van der Waals surface area contributed by atoms with Gasteiger partial charge in [-0.05, 0) is 23.1 Å². The highest BCUT2D eigenvalue weighted by molar-refractivity contribution is 6.21. The third-order valence-electron chi connectivity index (χ3n) is 4.77. The Morgan fingerprint density at radius 3 is 1.85 bits per heavy atom. The molecule has 0 spiro atoms. The normalized spacial score (nSPS) is 16.0. The van der Waals surface area contributed by atoms with Crippen molar-refractivity contribution in [2.24, 2.45) is 5.41 Å². The maximum absolute atomic E-state index is 13.1. The van der Waals surface area contributed by atoms with Gasteiger partial charge < -0.3 is 10.4 Å². The number of nitrogens with one attached hydrogen (secondary N) is 1. The molecule has 0 radical (unpaired) electrons. The van der Waals surface area contributed by atoms with E-state index in [1.165, 1.54) is 4.90 Å². The van der Waals surface area contributed by atoms with Gasteiger partial charge in [0.15, 0.2) is 0 Å². The molecule has 0 aromatic heterocycles. The number of carboxylic acid groups (broad SMARTS) is 1. The first-order chi connectivity index (χ1) is 12.7. The second-order valence-electron chi connectivity index (χ2n) is 7.67. The zero-order valence-electron chi connectivity index (χ0n) is 15.5. The van der Waals surface area contributed by atoms with Gasteiger partial charge in [-0.15, -0.1) is 0 Å². The van der Waals surface area contributed by atoms with E-state index in [0.29, 0.717) is 16.7 Å². The largest absolute Gasteiger partial charge is 0.465 e. The summed E-state index contributed by atoms with van der Waals surface area (Å²) >= 11 is 0. The van der Waals surface area contributed by atoms with E-state index < -0.39 is 35.4 Å². The molecule has 2 atom stereocenters. The Morgan fingerprint density at radius 2 is 1.41 bits per heavy atom. The number of rotatable bonds is 4. The Kier molecular flexibility index (Phi) is 4.74. The summed E-state index contributed by atoms with van der Waals surface area (Å²) in [5.41, 5.74) is 0.826. The van der Waals surface area contributed by atoms with Crippen molar-refractivity contribution < 1.29 is 19.5 Å². The van der Waals surface area contributed by atoms with Crippen molar-refractivity contribution >= 4 is 17.9 Å². The standard InChI is InChI=1S/C21H22N2O4/c1-21(2,3)17(22-20(26)27)16(13-9-5-4-6-10-13)23-18(24)14-11-7-8-12-15(14)19(23)25/h4-12,16-17,22H,1-3H3,(H,26,27). The van der Waals surface area contributed by atoms with Crippen molar-refractivity contribution in [3.05, 3.63) is 71.3 Å². The highest BCUT2D eigenvalue weighted by atomic mass is 16.4. The van der Waals surface area contributed by atoms with Crippen molar-refractivity contribution in [2.75, 3.05) is 0 Å². The summed E-state index contributed by atoms with van der Waals surface area (Å²) in [4.78, 5) is 38.8. The van der Waals surface area contributed by atoms with Crippen molar-refractivity contribution in [2.45, 2.75) is 32.9 Å². The van der Waals surface area contributed by atoms with Crippen LogP contribution in [0.25, 0.3) is 0 Å². The number of hydrogen-bond acceptors (Lipinski definition) is 3. The molecule has 2 aromatic rings. The number of nitrogens with zero attached hydrogens (tertiary/aromatic N) is 1. The Bertz CT molecular complexity index is 852. The fourth-order valence-corrected chi connectivity index (χ4v) is 3.50. The number of amides is 3. The van der Waals surface area contributed by atoms with Gasteiger partial charge in [0.2, 0.25) is 0 Å². The molecule has 0 aliphatic carbocycles. The van der Waals surface area contributed by atoms with Gasteiger partial charge in [-0.2, -0.15) is 0 Å². The number of fused-ring (bicyclic) bond motifs is 1. The number of hydrogen-bond donors (Lipinski definition) is 2. The Hall–Kier alpha value is -3.15. The summed E-state index contributed by atoms with van der Waals surface area (Å²) < 4.78 is 0. The lowest BCUT2D eigenvalue weighted by Gasteiger charge is -2.40. The lowest BCUT2D eigenvalue weighted by molar-refractivity contribution is 0.0474. The van der Waals surface area contributed by atoms with Crippen LogP contribution in [-0.4, -0.2) is 34.0 Å². The average molecular weight is 366 g/mol. The first-order valence-electron chi connectivity index (χ1n) is 8.73. The van der Waals surface area contributed by atoms with E-state index in [1.54, 1.807) is 48.5 Å². The summed E-state index contributed by atoms with van der Waals surface area (Å²) in [6.45, 7) is 5.63. The molecule has 140 valence electrons. The predicted octanol–water partition coefficient (Wildman–Crippen LogP) is 3.71. The molecule has 6 nitrogen and oxygen atoms in total. The molecule has 1 aliphatic heterocycles. The summed E-state index contributed by atoms with van der Waals surface area (Å²) in [5, 5.41) is 11.9. The van der Waals surface area contributed by atoms with E-state index in [0.717, 1.165) is 0 Å². The second-order valence-corrected chi connectivity index (χ2v) is 7.67. The predicted molar refractivity (Wildman–Crippen MR) is 101 cm³/mol. The summed E-state index contributed by atoms with van der Waals surface area (Å²) in [7, 11) is 0. The van der Waals surface area contributed by atoms with Crippen molar-refractivity contribution in [3.63, 3.8) is 0 Å². The van der Waals surface area contributed by atoms with Crippen LogP contribution in [0.4, 0.5) is 4.79 Å². The number of carbonyl (C=O) groups is 3. The zero-order valence-corrected chi connectivity index (χ0v) is 15.5. The lowest BCUT2D eigenvalue weighted by Crippen LogP contribution is -2.53. The van der Waals surface area contributed by atoms with E-state index in [9.17, 15) is 19.5 Å². The van der Waals surface area contributed by atoms with Gasteiger partial charge in [0.1, 0.15) is 0 Å². The van der Waals surface area contributed by atoms with Crippen LogP contribution in [0.5, 0.6) is 0 Å². The first-order valence-corrected chi connectivity index (χ1v) is 8.73. The van der Waals surface area contributed by atoms with Gasteiger partial charge in [-0.3, -0.25) is 14.5 Å². The average Bonchev–Trinajstić information content (AvgIpc) is 2.87. The minimum atomic E-state index is -1.20. The van der Waals surface area contributed by atoms with Crippen molar-refractivity contribution in [1.29, 1.82) is 0 Å². The molecule has 2 aromatic carbocycles. The van der Waals surface area contributed by atoms with Crippen LogP contribution in [0.3, 0.4) is 0 Å². The van der Waals surface area contributed by atoms with Gasteiger partial charge >= 0.3 is 6.09 Å². The molecule has 27 heavy (non-hydrogen) atoms. The quantitative estimate of drug-likeness (QED) is 0.808. The third kappa shape index (κ3) is 3.43. The van der Waals surface area contributed by atoms with Gasteiger partial charge in [-0.1, -0.05) is 63.2 Å². The van der Waals surface area contributed by atoms with Crippen LogP contribution in [0.1, 0.15) is 53.1 Å². The molecule has 0 bridgehead atoms. The van der Waals surface area contributed by atoms with Crippen molar-refractivity contribution in [1.82, 2.24) is 10.2 Å². The van der Waals surface area contributed by atoms with E-state index in [1.807, 2.05) is 26.8 Å². The molecule has 6 heteroatoms. The molecule has 0 fully saturated rings. The monoisotopic (exact) mass is 366 g/mol. The summed E-state index contributed by atoms with van der Waals surface area (Å²) in [6.07, 6.45) is -1.20. The minimum absolute atomic E-state index is 0.339. The molecular formula is C21H22N2O4. The molecule has 0 saturated heterocycles. The third-order valence-corrected chi connectivity index (χ3v) is 4.77. The fourth-order valence-electron chi connectivity index (χ4n) is 3.50. The smallest absolute Gasteiger partial charge is 0.404 e. The van der Waals surface area contributed by atoms with E-state index >= 15 is 0 Å². The number of imide groups is 1. The Morgan fingerprint density at radius 1 is 0.926 bits per heavy atom. The highest BCUT2D eigenvalue weighted by Crippen LogP contribution is 2.39. The first kappa shape index (κ1) is 18.6.